The van der Waals surface area contributed by atoms with Crippen molar-refractivity contribution in [3.8, 4) is 67.3 Å². The van der Waals surface area contributed by atoms with E-state index in [-0.39, 0.29) is 0 Å². The number of fused-ring (bicyclic) bond motifs is 7. The predicted octanol–water partition coefficient (Wildman–Crippen LogP) is 16.2. The highest BCUT2D eigenvalue weighted by Crippen LogP contribution is 2.56. The molecule has 2 heterocycles. The quantitative estimate of drug-likeness (QED) is 0.160. The second-order valence-electron chi connectivity index (χ2n) is 17.2. The summed E-state index contributed by atoms with van der Waals surface area (Å²) in [6.45, 7) is 0. The van der Waals surface area contributed by atoms with E-state index in [9.17, 15) is 0 Å². The number of para-hydroxylation sites is 1. The molecular weight excluding hydrogens is 801 g/mol. The average molecular weight is 841 g/mol. The van der Waals surface area contributed by atoms with Crippen LogP contribution in [0.2, 0.25) is 0 Å². The molecule has 1 aliphatic carbocycles. The van der Waals surface area contributed by atoms with Crippen molar-refractivity contribution in [1.29, 1.82) is 0 Å². The van der Waals surface area contributed by atoms with Crippen LogP contribution >= 0.6 is 0 Å². The summed E-state index contributed by atoms with van der Waals surface area (Å²) >= 11 is 0. The molecule has 0 atom stereocenters. The van der Waals surface area contributed by atoms with Crippen molar-refractivity contribution >= 4 is 32.7 Å². The van der Waals surface area contributed by atoms with Crippen LogP contribution in [0.3, 0.4) is 0 Å². The third-order valence-corrected chi connectivity index (χ3v) is 13.6. The largest absolute Gasteiger partial charge is 0.456 e. The summed E-state index contributed by atoms with van der Waals surface area (Å²) in [6, 6.07) is 87.1. The van der Waals surface area contributed by atoms with Crippen molar-refractivity contribution in [1.82, 2.24) is 9.97 Å². The summed E-state index contributed by atoms with van der Waals surface area (Å²) < 4.78 is 6.16. The molecule has 3 nitrogen and oxygen atoms in total. The second kappa shape index (κ2) is 15.3. The van der Waals surface area contributed by atoms with Crippen molar-refractivity contribution in [2.45, 2.75) is 5.41 Å². The molecule has 3 heteroatoms. The van der Waals surface area contributed by atoms with Gasteiger partial charge < -0.3 is 4.42 Å². The van der Waals surface area contributed by atoms with Gasteiger partial charge in [-0.2, -0.15) is 0 Å². The molecule has 0 saturated carbocycles. The number of hydrogen-bond acceptors (Lipinski definition) is 3. The first-order valence-corrected chi connectivity index (χ1v) is 22.6. The monoisotopic (exact) mass is 840 g/mol. The van der Waals surface area contributed by atoms with Crippen LogP contribution in [0.4, 0.5) is 0 Å². The van der Waals surface area contributed by atoms with Gasteiger partial charge in [0.1, 0.15) is 11.2 Å². The number of benzene rings is 10. The van der Waals surface area contributed by atoms with Crippen LogP contribution in [0.5, 0.6) is 0 Å². The molecule has 1 aliphatic rings. The Balaban J connectivity index is 0.923. The van der Waals surface area contributed by atoms with Crippen molar-refractivity contribution in [2.75, 3.05) is 0 Å². The topological polar surface area (TPSA) is 38.9 Å². The van der Waals surface area contributed by atoms with Crippen molar-refractivity contribution in [2.24, 2.45) is 0 Å². The molecule has 0 N–H and O–H groups in total. The molecule has 10 aromatic carbocycles. The molecule has 0 spiro atoms. The summed E-state index contributed by atoms with van der Waals surface area (Å²) in [7, 11) is 0. The van der Waals surface area contributed by atoms with E-state index in [2.05, 4.69) is 212 Å². The normalized spacial score (nSPS) is 12.7. The Morgan fingerprint density at radius 2 is 0.788 bits per heavy atom. The van der Waals surface area contributed by atoms with E-state index >= 15 is 0 Å². The van der Waals surface area contributed by atoms with Gasteiger partial charge in [0.05, 0.1) is 16.8 Å². The van der Waals surface area contributed by atoms with Crippen LogP contribution in [-0.2, 0) is 5.41 Å². The van der Waals surface area contributed by atoms with Crippen LogP contribution in [-0.4, -0.2) is 9.97 Å². The summed E-state index contributed by atoms with van der Waals surface area (Å²) in [4.78, 5) is 10.6. The van der Waals surface area contributed by atoms with Crippen LogP contribution in [0.15, 0.2) is 247 Å². The van der Waals surface area contributed by atoms with Gasteiger partial charge in [0.15, 0.2) is 5.82 Å². The Bertz CT molecular complexity index is 3760. The van der Waals surface area contributed by atoms with Gasteiger partial charge in [0.25, 0.3) is 0 Å². The molecule has 0 saturated heterocycles. The molecule has 0 bridgehead atoms. The van der Waals surface area contributed by atoms with Crippen molar-refractivity contribution in [3.05, 3.63) is 265 Å². The highest BCUT2D eigenvalue weighted by molar-refractivity contribution is 6.09. The van der Waals surface area contributed by atoms with Gasteiger partial charge >= 0.3 is 0 Å². The number of aromatic nitrogens is 2. The summed E-state index contributed by atoms with van der Waals surface area (Å²) in [5.41, 5.74) is 18.3. The zero-order valence-electron chi connectivity index (χ0n) is 35.9. The predicted molar refractivity (Wildman–Crippen MR) is 271 cm³/mol. The van der Waals surface area contributed by atoms with Crippen LogP contribution in [0, 0.1) is 0 Å². The van der Waals surface area contributed by atoms with Gasteiger partial charge in [0, 0.05) is 27.5 Å². The van der Waals surface area contributed by atoms with E-state index in [4.69, 9.17) is 14.4 Å². The minimum Gasteiger partial charge on any atom is -0.456 e. The van der Waals surface area contributed by atoms with E-state index in [0.717, 1.165) is 55.6 Å². The number of rotatable bonds is 7. The lowest BCUT2D eigenvalue weighted by atomic mass is 9.67. The molecule has 308 valence electrons. The number of hydrogen-bond donors (Lipinski definition) is 0. The van der Waals surface area contributed by atoms with E-state index in [1.54, 1.807) is 0 Å². The highest BCUT2D eigenvalue weighted by atomic mass is 16.3. The molecule has 0 aliphatic heterocycles. The number of nitrogens with zero attached hydrogens (tertiary/aromatic N) is 2. The molecule has 0 unspecified atom stereocenters. The lowest BCUT2D eigenvalue weighted by molar-refractivity contribution is 0.669. The van der Waals surface area contributed by atoms with Gasteiger partial charge in [-0.1, -0.05) is 212 Å². The Morgan fingerprint density at radius 1 is 0.288 bits per heavy atom. The fourth-order valence-electron chi connectivity index (χ4n) is 10.6. The van der Waals surface area contributed by atoms with Gasteiger partial charge in [-0.25, -0.2) is 9.97 Å². The third kappa shape index (κ3) is 5.98. The molecule has 13 rings (SSSR count). The lowest BCUT2D eigenvalue weighted by Gasteiger charge is -2.34. The SMILES string of the molecule is c1ccc(-c2nc(-c3ccc(-c4ccc(-c5ccc6oc7ccccc7c6c5)c5ccccc45)cc3)cc(-c3ccc4c(c3)C(c3ccccc3)(c3ccccc3)c3ccccc3-4)n2)cc1. The van der Waals surface area contributed by atoms with E-state index in [1.807, 2.05) is 30.3 Å². The van der Waals surface area contributed by atoms with Gasteiger partial charge in [0.2, 0.25) is 0 Å². The van der Waals surface area contributed by atoms with Gasteiger partial charge in [-0.15, -0.1) is 0 Å². The lowest BCUT2D eigenvalue weighted by Crippen LogP contribution is -2.28. The first-order chi connectivity index (χ1) is 32.7. The minimum absolute atomic E-state index is 0.511. The van der Waals surface area contributed by atoms with E-state index in [0.29, 0.717) is 5.82 Å². The first-order valence-electron chi connectivity index (χ1n) is 22.6. The smallest absolute Gasteiger partial charge is 0.160 e. The second-order valence-corrected chi connectivity index (χ2v) is 17.2. The number of furan rings is 1. The Labute approximate surface area is 383 Å². The van der Waals surface area contributed by atoms with Crippen molar-refractivity contribution in [3.63, 3.8) is 0 Å². The molecule has 0 amide bonds. The highest BCUT2D eigenvalue weighted by Gasteiger charge is 2.46. The molecule has 12 aromatic rings. The minimum atomic E-state index is -0.511. The molecule has 0 fully saturated rings. The standard InChI is InChI=1S/C63H40N2O/c1-4-16-43(17-5-1)62-64-58(40-59(65-62)45-32-34-53-52-24-12-14-26-56(52)63(57(53)39-45,46-18-6-2-7-19-46)47-20-8-3-9-21-47)42-30-28-41(29-31-42)48-35-36-49(51-23-11-10-22-50(48)51)44-33-37-61-55(38-44)54-25-13-15-27-60(54)66-61/h1-40H. The van der Waals surface area contributed by atoms with Gasteiger partial charge in [-0.3, -0.25) is 0 Å². The van der Waals surface area contributed by atoms with Crippen molar-refractivity contribution < 1.29 is 4.42 Å². The summed E-state index contributed by atoms with van der Waals surface area (Å²) in [5, 5.41) is 4.68. The Hall–Kier alpha value is -8.66. The van der Waals surface area contributed by atoms with Crippen LogP contribution < -0.4 is 0 Å². The maximum absolute atomic E-state index is 6.16. The molecular formula is C63H40N2O. The fraction of sp³-hybridized carbons (Fsp3) is 0.0159. The zero-order chi connectivity index (χ0) is 43.6. The summed E-state index contributed by atoms with van der Waals surface area (Å²) in [6.07, 6.45) is 0. The Kier molecular flexibility index (Phi) is 8.75. The van der Waals surface area contributed by atoms with Crippen LogP contribution in [0.1, 0.15) is 22.3 Å². The average Bonchev–Trinajstić information content (AvgIpc) is 3.92. The van der Waals surface area contributed by atoms with E-state index < -0.39 is 5.41 Å². The third-order valence-electron chi connectivity index (χ3n) is 13.6. The van der Waals surface area contributed by atoms with Gasteiger partial charge in [-0.05, 0) is 96.7 Å². The molecule has 66 heavy (non-hydrogen) atoms. The molecule has 2 aromatic heterocycles. The summed E-state index contributed by atoms with van der Waals surface area (Å²) in [5.74, 6) is 0.691. The molecule has 0 radical (unpaired) electrons. The maximum Gasteiger partial charge on any atom is 0.160 e. The maximum atomic E-state index is 6.16. The Morgan fingerprint density at radius 3 is 1.50 bits per heavy atom. The zero-order valence-corrected chi connectivity index (χ0v) is 35.9. The van der Waals surface area contributed by atoms with Crippen LogP contribution in [0.25, 0.3) is 100.0 Å². The van der Waals surface area contributed by atoms with E-state index in [1.165, 1.54) is 60.8 Å². The fourth-order valence-corrected chi connectivity index (χ4v) is 10.6. The first kappa shape index (κ1) is 37.9.